The molecule has 2 aromatic rings. The lowest BCUT2D eigenvalue weighted by atomic mass is 10.1. The Labute approximate surface area is 87.6 Å². The number of nitrogens with one attached hydrogen (secondary N) is 1. The smallest absolute Gasteiger partial charge is 0.105 e. The number of rotatable bonds is 4. The van der Waals surface area contributed by atoms with Gasteiger partial charge in [0.05, 0.1) is 6.26 Å². The molecule has 1 unspecified atom stereocenters. The Bertz CT molecular complexity index is 353. The average molecular weight is 207 g/mol. The van der Waals surface area contributed by atoms with Gasteiger partial charge in [0.1, 0.15) is 5.76 Å². The van der Waals surface area contributed by atoms with Crippen molar-refractivity contribution in [2.75, 3.05) is 7.05 Å². The molecule has 0 aromatic carbocycles. The molecule has 3 heteroatoms. The molecular formula is C11H13NOS. The quantitative estimate of drug-likeness (QED) is 0.834. The van der Waals surface area contributed by atoms with Crippen LogP contribution in [0.25, 0.3) is 0 Å². The van der Waals surface area contributed by atoms with Crippen LogP contribution in [0.15, 0.2) is 39.6 Å². The molecule has 2 rings (SSSR count). The molecule has 0 aliphatic carbocycles. The first kappa shape index (κ1) is 9.49. The van der Waals surface area contributed by atoms with E-state index in [1.165, 1.54) is 5.56 Å². The Morgan fingerprint density at radius 3 is 3.00 bits per heavy atom. The van der Waals surface area contributed by atoms with E-state index in [1.807, 2.05) is 19.2 Å². The maximum atomic E-state index is 5.33. The third-order valence-electron chi connectivity index (χ3n) is 2.28. The highest BCUT2D eigenvalue weighted by Gasteiger charge is 2.11. The molecule has 0 bridgehead atoms. The summed E-state index contributed by atoms with van der Waals surface area (Å²) in [6, 6.07) is 6.44. The molecule has 0 aliphatic rings. The minimum absolute atomic E-state index is 0.354. The summed E-state index contributed by atoms with van der Waals surface area (Å²) in [6.45, 7) is 0. The lowest BCUT2D eigenvalue weighted by Crippen LogP contribution is -2.17. The molecule has 0 saturated heterocycles. The summed E-state index contributed by atoms with van der Waals surface area (Å²) < 4.78 is 5.33. The van der Waals surface area contributed by atoms with E-state index in [9.17, 15) is 0 Å². The van der Waals surface area contributed by atoms with Gasteiger partial charge >= 0.3 is 0 Å². The Morgan fingerprint density at radius 2 is 2.43 bits per heavy atom. The second-order valence-corrected chi connectivity index (χ2v) is 3.96. The summed E-state index contributed by atoms with van der Waals surface area (Å²) in [5.41, 5.74) is 1.33. The largest absolute Gasteiger partial charge is 0.469 e. The molecule has 2 heterocycles. The molecule has 0 radical (unpaired) electrons. The van der Waals surface area contributed by atoms with Gasteiger partial charge in [-0.25, -0.2) is 0 Å². The van der Waals surface area contributed by atoms with Crippen LogP contribution in [-0.4, -0.2) is 7.05 Å². The maximum absolute atomic E-state index is 5.33. The van der Waals surface area contributed by atoms with Crippen LogP contribution in [-0.2, 0) is 6.42 Å². The van der Waals surface area contributed by atoms with Crippen LogP contribution < -0.4 is 5.32 Å². The Morgan fingerprint density at radius 1 is 1.50 bits per heavy atom. The molecule has 0 amide bonds. The van der Waals surface area contributed by atoms with Gasteiger partial charge in [-0.05, 0) is 41.6 Å². The summed E-state index contributed by atoms with van der Waals surface area (Å²) >= 11 is 1.73. The van der Waals surface area contributed by atoms with E-state index in [2.05, 4.69) is 22.1 Å². The highest BCUT2D eigenvalue weighted by molar-refractivity contribution is 7.07. The fourth-order valence-electron chi connectivity index (χ4n) is 1.49. The van der Waals surface area contributed by atoms with E-state index >= 15 is 0 Å². The van der Waals surface area contributed by atoms with Gasteiger partial charge in [0.25, 0.3) is 0 Å². The maximum Gasteiger partial charge on any atom is 0.105 e. The van der Waals surface area contributed by atoms with Crippen LogP contribution in [0.3, 0.4) is 0 Å². The first-order valence-electron chi connectivity index (χ1n) is 4.62. The Hall–Kier alpha value is -1.06. The fraction of sp³-hybridized carbons (Fsp3) is 0.273. The monoisotopic (exact) mass is 207 g/mol. The van der Waals surface area contributed by atoms with Crippen molar-refractivity contribution in [3.05, 3.63) is 46.5 Å². The van der Waals surface area contributed by atoms with E-state index in [0.717, 1.165) is 12.2 Å². The molecule has 0 saturated carbocycles. The summed E-state index contributed by atoms with van der Waals surface area (Å²) in [5.74, 6) is 1.02. The molecule has 0 aliphatic heterocycles. The summed E-state index contributed by atoms with van der Waals surface area (Å²) in [4.78, 5) is 0. The minimum Gasteiger partial charge on any atom is -0.469 e. The zero-order chi connectivity index (χ0) is 9.80. The SMILES string of the molecule is CNC(Cc1ccco1)c1ccsc1. The fourth-order valence-corrected chi connectivity index (χ4v) is 2.20. The van der Waals surface area contributed by atoms with Crippen LogP contribution >= 0.6 is 11.3 Å². The van der Waals surface area contributed by atoms with Crippen LogP contribution in [0, 0.1) is 0 Å². The van der Waals surface area contributed by atoms with Crippen molar-refractivity contribution in [2.24, 2.45) is 0 Å². The van der Waals surface area contributed by atoms with Gasteiger partial charge in [-0.3, -0.25) is 0 Å². The first-order chi connectivity index (χ1) is 6.90. The number of hydrogen-bond donors (Lipinski definition) is 1. The van der Waals surface area contributed by atoms with Crippen LogP contribution in [0.5, 0.6) is 0 Å². The number of hydrogen-bond acceptors (Lipinski definition) is 3. The molecule has 2 nitrogen and oxygen atoms in total. The number of furan rings is 1. The van der Waals surface area contributed by atoms with Gasteiger partial charge in [0.2, 0.25) is 0 Å². The molecule has 1 N–H and O–H groups in total. The van der Waals surface area contributed by atoms with Crippen molar-refractivity contribution in [3.8, 4) is 0 Å². The van der Waals surface area contributed by atoms with E-state index in [-0.39, 0.29) is 0 Å². The summed E-state index contributed by atoms with van der Waals surface area (Å²) in [7, 11) is 1.98. The van der Waals surface area contributed by atoms with Gasteiger partial charge in [-0.2, -0.15) is 11.3 Å². The topological polar surface area (TPSA) is 25.2 Å². The third kappa shape index (κ3) is 2.05. The van der Waals surface area contributed by atoms with Gasteiger partial charge in [-0.1, -0.05) is 0 Å². The predicted molar refractivity (Wildman–Crippen MR) is 58.5 cm³/mol. The van der Waals surface area contributed by atoms with Crippen molar-refractivity contribution in [3.63, 3.8) is 0 Å². The Balaban J connectivity index is 2.08. The normalized spacial score (nSPS) is 12.9. The van der Waals surface area contributed by atoms with Gasteiger partial charge in [0.15, 0.2) is 0 Å². The van der Waals surface area contributed by atoms with E-state index in [1.54, 1.807) is 17.6 Å². The van der Waals surface area contributed by atoms with E-state index < -0.39 is 0 Å². The van der Waals surface area contributed by atoms with Gasteiger partial charge in [0, 0.05) is 12.5 Å². The first-order valence-corrected chi connectivity index (χ1v) is 5.56. The predicted octanol–water partition coefficient (Wildman–Crippen LogP) is 2.84. The molecule has 2 aromatic heterocycles. The molecule has 14 heavy (non-hydrogen) atoms. The van der Waals surface area contributed by atoms with Gasteiger partial charge < -0.3 is 9.73 Å². The molecular weight excluding hydrogens is 194 g/mol. The average Bonchev–Trinajstić information content (AvgIpc) is 2.86. The molecule has 74 valence electrons. The van der Waals surface area contributed by atoms with Crippen LogP contribution in [0.4, 0.5) is 0 Å². The lowest BCUT2D eigenvalue weighted by Gasteiger charge is -2.12. The zero-order valence-corrected chi connectivity index (χ0v) is 8.88. The number of thiophene rings is 1. The molecule has 0 fully saturated rings. The molecule has 1 atom stereocenters. The molecule has 0 spiro atoms. The second-order valence-electron chi connectivity index (χ2n) is 3.18. The van der Waals surface area contributed by atoms with E-state index in [4.69, 9.17) is 4.42 Å². The summed E-state index contributed by atoms with van der Waals surface area (Å²) in [6.07, 6.45) is 2.62. The number of likely N-dealkylation sites (N-methyl/N-ethyl adjacent to an activating group) is 1. The third-order valence-corrected chi connectivity index (χ3v) is 2.98. The minimum atomic E-state index is 0.354. The van der Waals surface area contributed by atoms with Crippen molar-refractivity contribution in [1.82, 2.24) is 5.32 Å². The standard InChI is InChI=1S/C11H13NOS/c1-12-11(9-4-6-14-8-9)7-10-3-2-5-13-10/h2-6,8,11-12H,7H2,1H3. The highest BCUT2D eigenvalue weighted by Crippen LogP contribution is 2.20. The second kappa shape index (κ2) is 4.44. The van der Waals surface area contributed by atoms with E-state index in [0.29, 0.717) is 6.04 Å². The lowest BCUT2D eigenvalue weighted by molar-refractivity contribution is 0.466. The van der Waals surface area contributed by atoms with Crippen molar-refractivity contribution < 1.29 is 4.42 Å². The zero-order valence-electron chi connectivity index (χ0n) is 8.07. The van der Waals surface area contributed by atoms with Crippen LogP contribution in [0.1, 0.15) is 17.4 Å². The van der Waals surface area contributed by atoms with Crippen molar-refractivity contribution in [1.29, 1.82) is 0 Å². The highest BCUT2D eigenvalue weighted by atomic mass is 32.1. The summed E-state index contributed by atoms with van der Waals surface area (Å²) in [5, 5.41) is 7.56. The van der Waals surface area contributed by atoms with Crippen molar-refractivity contribution in [2.45, 2.75) is 12.5 Å². The van der Waals surface area contributed by atoms with Gasteiger partial charge in [-0.15, -0.1) is 0 Å². The van der Waals surface area contributed by atoms with Crippen LogP contribution in [0.2, 0.25) is 0 Å². The Kier molecular flexibility index (Phi) is 3.01. The van der Waals surface area contributed by atoms with Crippen molar-refractivity contribution >= 4 is 11.3 Å².